The fourth-order valence-electron chi connectivity index (χ4n) is 1.16. The van der Waals surface area contributed by atoms with E-state index in [1.54, 1.807) is 0 Å². The highest BCUT2D eigenvalue weighted by molar-refractivity contribution is 8.13. The van der Waals surface area contributed by atoms with Crippen molar-refractivity contribution in [2.75, 3.05) is 5.75 Å². The van der Waals surface area contributed by atoms with E-state index in [1.807, 2.05) is 30.3 Å². The lowest BCUT2D eigenvalue weighted by Gasteiger charge is -2.09. The molecule has 1 aromatic carbocycles. The predicted molar refractivity (Wildman–Crippen MR) is 60.2 cm³/mol. The van der Waals surface area contributed by atoms with Crippen LogP contribution in [0, 0.1) is 0 Å². The standard InChI is InChI=1S/C10H14N2OS/c11-9(7-14-10(12)13)6-8-4-2-1-3-5-8/h1-5,9H,6-7,11H2,(H2,12,13). The molecule has 76 valence electrons. The van der Waals surface area contributed by atoms with Crippen LogP contribution in [0.2, 0.25) is 0 Å². The number of carbonyl (C=O) groups is 1. The summed E-state index contributed by atoms with van der Waals surface area (Å²) in [5, 5.41) is -0.367. The number of hydrogen-bond donors (Lipinski definition) is 2. The average molecular weight is 210 g/mol. The first-order chi connectivity index (χ1) is 6.68. The van der Waals surface area contributed by atoms with Crippen LogP contribution < -0.4 is 11.5 Å². The van der Waals surface area contributed by atoms with Gasteiger partial charge in [0.2, 0.25) is 0 Å². The maximum absolute atomic E-state index is 10.5. The van der Waals surface area contributed by atoms with Crippen LogP contribution in [0.15, 0.2) is 30.3 Å². The van der Waals surface area contributed by atoms with Crippen LogP contribution >= 0.6 is 11.8 Å². The van der Waals surface area contributed by atoms with Gasteiger partial charge >= 0.3 is 0 Å². The van der Waals surface area contributed by atoms with Gasteiger partial charge in [0.05, 0.1) is 0 Å². The Bertz CT molecular complexity index is 289. The van der Waals surface area contributed by atoms with Crippen molar-refractivity contribution in [1.82, 2.24) is 0 Å². The van der Waals surface area contributed by atoms with Gasteiger partial charge in [-0.05, 0) is 12.0 Å². The summed E-state index contributed by atoms with van der Waals surface area (Å²) in [6.07, 6.45) is 0.779. The molecule has 0 aromatic heterocycles. The van der Waals surface area contributed by atoms with Crippen molar-refractivity contribution in [1.29, 1.82) is 0 Å². The quantitative estimate of drug-likeness (QED) is 0.788. The Kier molecular flexibility index (Phi) is 4.49. The summed E-state index contributed by atoms with van der Waals surface area (Å²) in [5.74, 6) is 0.574. The van der Waals surface area contributed by atoms with Crippen molar-refractivity contribution in [3.8, 4) is 0 Å². The molecule has 3 nitrogen and oxygen atoms in total. The first kappa shape index (κ1) is 11.1. The lowest BCUT2D eigenvalue weighted by Crippen LogP contribution is -2.26. The van der Waals surface area contributed by atoms with Gasteiger partial charge in [-0.1, -0.05) is 42.1 Å². The number of rotatable bonds is 4. The average Bonchev–Trinajstić information content (AvgIpc) is 2.16. The Hall–Kier alpha value is -1.00. The lowest BCUT2D eigenvalue weighted by molar-refractivity contribution is 0.267. The van der Waals surface area contributed by atoms with Crippen LogP contribution in [0.3, 0.4) is 0 Å². The third-order valence-corrected chi connectivity index (χ3v) is 2.66. The van der Waals surface area contributed by atoms with E-state index >= 15 is 0 Å². The molecular formula is C10H14N2OS. The second kappa shape index (κ2) is 5.67. The SMILES string of the molecule is NC(=O)SCC(N)Cc1ccccc1. The maximum Gasteiger partial charge on any atom is 0.276 e. The highest BCUT2D eigenvalue weighted by Crippen LogP contribution is 2.07. The summed E-state index contributed by atoms with van der Waals surface area (Å²) in [4.78, 5) is 10.5. The molecule has 0 spiro atoms. The van der Waals surface area contributed by atoms with E-state index in [-0.39, 0.29) is 11.3 Å². The van der Waals surface area contributed by atoms with Crippen molar-refractivity contribution in [3.63, 3.8) is 0 Å². The van der Waals surface area contributed by atoms with Crippen LogP contribution in [0.25, 0.3) is 0 Å². The second-order valence-electron chi connectivity index (χ2n) is 3.08. The fourth-order valence-corrected chi connectivity index (χ4v) is 1.66. The second-order valence-corrected chi connectivity index (χ2v) is 4.10. The van der Waals surface area contributed by atoms with Crippen LogP contribution in [0.4, 0.5) is 4.79 Å². The van der Waals surface area contributed by atoms with E-state index in [2.05, 4.69) is 0 Å². The smallest absolute Gasteiger partial charge is 0.276 e. The summed E-state index contributed by atoms with van der Waals surface area (Å²) in [7, 11) is 0. The van der Waals surface area contributed by atoms with Crippen LogP contribution in [-0.2, 0) is 6.42 Å². The number of nitrogens with two attached hydrogens (primary N) is 2. The molecule has 14 heavy (non-hydrogen) atoms. The molecule has 0 heterocycles. The van der Waals surface area contributed by atoms with Gasteiger partial charge in [0.15, 0.2) is 0 Å². The monoisotopic (exact) mass is 210 g/mol. The Balaban J connectivity index is 2.34. The lowest BCUT2D eigenvalue weighted by atomic mass is 10.1. The Morgan fingerprint density at radius 1 is 1.36 bits per heavy atom. The Morgan fingerprint density at radius 2 is 2.00 bits per heavy atom. The van der Waals surface area contributed by atoms with E-state index in [0.717, 1.165) is 18.2 Å². The maximum atomic E-state index is 10.5. The molecule has 4 heteroatoms. The zero-order chi connectivity index (χ0) is 10.4. The van der Waals surface area contributed by atoms with Gasteiger partial charge in [-0.15, -0.1) is 0 Å². The summed E-state index contributed by atoms with van der Waals surface area (Å²) < 4.78 is 0. The third kappa shape index (κ3) is 4.30. The third-order valence-electron chi connectivity index (χ3n) is 1.78. The molecule has 0 aliphatic carbocycles. The molecule has 0 saturated heterocycles. The number of thioether (sulfide) groups is 1. The summed E-state index contributed by atoms with van der Waals surface area (Å²) >= 11 is 1.07. The first-order valence-electron chi connectivity index (χ1n) is 4.40. The van der Waals surface area contributed by atoms with Crippen molar-refractivity contribution in [3.05, 3.63) is 35.9 Å². The van der Waals surface area contributed by atoms with Gasteiger partial charge in [-0.25, -0.2) is 0 Å². The highest BCUT2D eigenvalue weighted by Gasteiger charge is 2.05. The van der Waals surface area contributed by atoms with Crippen molar-refractivity contribution < 1.29 is 4.79 Å². The summed E-state index contributed by atoms with van der Waals surface area (Å²) in [6.45, 7) is 0. The molecule has 0 saturated carbocycles. The molecular weight excluding hydrogens is 196 g/mol. The van der Waals surface area contributed by atoms with E-state index in [1.165, 1.54) is 5.56 Å². The van der Waals surface area contributed by atoms with Gasteiger partial charge in [0.25, 0.3) is 5.24 Å². The van der Waals surface area contributed by atoms with Gasteiger partial charge in [0.1, 0.15) is 0 Å². The minimum atomic E-state index is -0.367. The molecule has 1 unspecified atom stereocenters. The minimum absolute atomic E-state index is 0.0186. The van der Waals surface area contributed by atoms with E-state index in [9.17, 15) is 4.79 Å². The van der Waals surface area contributed by atoms with Crippen molar-refractivity contribution in [2.45, 2.75) is 12.5 Å². The fraction of sp³-hybridized carbons (Fsp3) is 0.300. The topological polar surface area (TPSA) is 69.1 Å². The van der Waals surface area contributed by atoms with Crippen LogP contribution in [-0.4, -0.2) is 17.0 Å². The summed E-state index contributed by atoms with van der Waals surface area (Å²) in [6, 6.07) is 9.94. The van der Waals surface area contributed by atoms with Gasteiger partial charge in [-0.3, -0.25) is 4.79 Å². The van der Waals surface area contributed by atoms with Crippen molar-refractivity contribution in [2.24, 2.45) is 11.5 Å². The van der Waals surface area contributed by atoms with Crippen LogP contribution in [0.1, 0.15) is 5.56 Å². The van der Waals surface area contributed by atoms with E-state index in [0.29, 0.717) is 5.75 Å². The molecule has 1 rings (SSSR count). The Morgan fingerprint density at radius 3 is 2.57 bits per heavy atom. The predicted octanol–water partition coefficient (Wildman–Crippen LogP) is 1.37. The molecule has 4 N–H and O–H groups in total. The molecule has 0 radical (unpaired) electrons. The van der Waals surface area contributed by atoms with E-state index < -0.39 is 0 Å². The molecule has 1 amide bonds. The van der Waals surface area contributed by atoms with Crippen molar-refractivity contribution >= 4 is 17.0 Å². The Labute approximate surface area is 87.9 Å². The zero-order valence-corrected chi connectivity index (χ0v) is 8.67. The molecule has 0 aliphatic heterocycles. The number of carbonyl (C=O) groups excluding carboxylic acids is 1. The molecule has 0 fully saturated rings. The highest BCUT2D eigenvalue weighted by atomic mass is 32.2. The molecule has 1 atom stereocenters. The molecule has 1 aromatic rings. The number of benzene rings is 1. The minimum Gasteiger partial charge on any atom is -0.361 e. The first-order valence-corrected chi connectivity index (χ1v) is 5.39. The molecule has 0 aliphatic rings. The van der Waals surface area contributed by atoms with Gasteiger partial charge in [0, 0.05) is 11.8 Å². The number of hydrogen-bond acceptors (Lipinski definition) is 3. The number of amides is 1. The zero-order valence-electron chi connectivity index (χ0n) is 7.85. The number of primary amides is 1. The van der Waals surface area contributed by atoms with Crippen LogP contribution in [0.5, 0.6) is 0 Å². The van der Waals surface area contributed by atoms with E-state index in [4.69, 9.17) is 11.5 Å². The van der Waals surface area contributed by atoms with Gasteiger partial charge in [-0.2, -0.15) is 0 Å². The van der Waals surface area contributed by atoms with Gasteiger partial charge < -0.3 is 11.5 Å². The summed E-state index contributed by atoms with van der Waals surface area (Å²) in [5.41, 5.74) is 12.0. The normalized spacial score (nSPS) is 12.4. The largest absolute Gasteiger partial charge is 0.361 e. The molecule has 0 bridgehead atoms.